The van der Waals surface area contributed by atoms with E-state index in [2.05, 4.69) is 5.10 Å². The number of aromatic nitrogens is 2. The molecule has 0 N–H and O–H groups in total. The van der Waals surface area contributed by atoms with Crippen molar-refractivity contribution in [1.29, 1.82) is 0 Å². The topological polar surface area (TPSA) is 47.4 Å². The lowest BCUT2D eigenvalue weighted by Crippen LogP contribution is -2.30. The molecule has 26 heavy (non-hydrogen) atoms. The van der Waals surface area contributed by atoms with Crippen LogP contribution in [0.4, 0.5) is 0 Å². The fourth-order valence-electron chi connectivity index (χ4n) is 2.50. The van der Waals surface area contributed by atoms with E-state index in [-0.39, 0.29) is 5.91 Å². The number of rotatable bonds is 7. The molecular weight excluding hydrogens is 350 g/mol. The zero-order chi connectivity index (χ0) is 18.4. The largest absolute Gasteiger partial charge is 0.492 e. The van der Waals surface area contributed by atoms with E-state index in [0.717, 1.165) is 11.3 Å². The molecule has 0 aliphatic rings. The van der Waals surface area contributed by atoms with E-state index in [1.807, 2.05) is 54.6 Å². The molecule has 1 amide bonds. The number of carbonyl (C=O) groups excluding carboxylic acids is 1. The van der Waals surface area contributed by atoms with Crippen LogP contribution in [0.3, 0.4) is 0 Å². The second kappa shape index (κ2) is 8.54. The van der Waals surface area contributed by atoms with Crippen LogP contribution in [0.1, 0.15) is 15.9 Å². The molecule has 0 atom stereocenters. The number of hydrogen-bond donors (Lipinski definition) is 0. The molecule has 134 valence electrons. The van der Waals surface area contributed by atoms with Gasteiger partial charge in [-0.05, 0) is 23.8 Å². The monoisotopic (exact) mass is 369 g/mol. The van der Waals surface area contributed by atoms with E-state index in [1.165, 1.54) is 0 Å². The Balaban J connectivity index is 1.54. The van der Waals surface area contributed by atoms with Crippen LogP contribution >= 0.6 is 11.6 Å². The molecule has 0 radical (unpaired) electrons. The molecule has 0 aliphatic heterocycles. The average molecular weight is 370 g/mol. The van der Waals surface area contributed by atoms with Gasteiger partial charge in [0.2, 0.25) is 0 Å². The molecule has 5 nitrogen and oxygen atoms in total. The third-order valence-electron chi connectivity index (χ3n) is 3.96. The van der Waals surface area contributed by atoms with E-state index in [4.69, 9.17) is 16.3 Å². The SMILES string of the molecule is CN(CCOc1ccccc1)C(=O)c1cnn(Cc2ccccc2Cl)c1. The minimum absolute atomic E-state index is 0.0907. The smallest absolute Gasteiger partial charge is 0.256 e. The molecule has 0 unspecified atom stereocenters. The molecule has 1 heterocycles. The Morgan fingerprint density at radius 3 is 2.65 bits per heavy atom. The number of amides is 1. The van der Waals surface area contributed by atoms with Crippen LogP contribution in [-0.2, 0) is 6.54 Å². The Morgan fingerprint density at radius 2 is 1.88 bits per heavy atom. The van der Waals surface area contributed by atoms with Crippen molar-refractivity contribution in [2.24, 2.45) is 0 Å². The number of benzene rings is 2. The first-order chi connectivity index (χ1) is 12.6. The maximum atomic E-state index is 12.5. The van der Waals surface area contributed by atoms with Crippen molar-refractivity contribution >= 4 is 17.5 Å². The first kappa shape index (κ1) is 18.0. The number of carbonyl (C=O) groups is 1. The second-order valence-electron chi connectivity index (χ2n) is 5.91. The predicted molar refractivity (Wildman–Crippen MR) is 102 cm³/mol. The second-order valence-corrected chi connectivity index (χ2v) is 6.31. The van der Waals surface area contributed by atoms with Crippen molar-refractivity contribution in [3.8, 4) is 5.75 Å². The highest BCUT2D eigenvalue weighted by atomic mass is 35.5. The van der Waals surface area contributed by atoms with E-state index in [1.54, 1.807) is 29.0 Å². The number of likely N-dealkylation sites (N-methyl/N-ethyl adjacent to an activating group) is 1. The zero-order valence-electron chi connectivity index (χ0n) is 14.5. The third kappa shape index (κ3) is 4.64. The summed E-state index contributed by atoms with van der Waals surface area (Å²) in [4.78, 5) is 14.1. The summed E-state index contributed by atoms with van der Waals surface area (Å²) >= 11 is 6.17. The third-order valence-corrected chi connectivity index (χ3v) is 4.32. The van der Waals surface area contributed by atoms with Crippen molar-refractivity contribution in [2.45, 2.75) is 6.54 Å². The summed E-state index contributed by atoms with van der Waals surface area (Å²) in [6, 6.07) is 17.1. The normalized spacial score (nSPS) is 10.5. The molecule has 0 fully saturated rings. The summed E-state index contributed by atoms with van der Waals surface area (Å²) in [5.74, 6) is 0.702. The maximum absolute atomic E-state index is 12.5. The van der Waals surface area contributed by atoms with E-state index in [0.29, 0.717) is 30.3 Å². The van der Waals surface area contributed by atoms with Crippen molar-refractivity contribution in [1.82, 2.24) is 14.7 Å². The molecule has 0 saturated carbocycles. The van der Waals surface area contributed by atoms with Gasteiger partial charge in [0.1, 0.15) is 12.4 Å². The predicted octanol–water partition coefficient (Wildman–Crippen LogP) is 3.74. The Hall–Kier alpha value is -2.79. The first-order valence-corrected chi connectivity index (χ1v) is 8.70. The number of hydrogen-bond acceptors (Lipinski definition) is 3. The Morgan fingerprint density at radius 1 is 1.15 bits per heavy atom. The van der Waals surface area contributed by atoms with Crippen LogP contribution in [0.2, 0.25) is 5.02 Å². The number of nitrogens with zero attached hydrogens (tertiary/aromatic N) is 3. The van der Waals surface area contributed by atoms with Crippen LogP contribution in [0.15, 0.2) is 67.0 Å². The van der Waals surface area contributed by atoms with Crippen molar-refractivity contribution in [3.63, 3.8) is 0 Å². The molecule has 0 saturated heterocycles. The minimum atomic E-state index is -0.0907. The van der Waals surface area contributed by atoms with Gasteiger partial charge in [-0.3, -0.25) is 9.48 Å². The van der Waals surface area contributed by atoms with Crippen molar-refractivity contribution in [3.05, 3.63) is 83.1 Å². The van der Waals surface area contributed by atoms with Crippen LogP contribution in [0.5, 0.6) is 5.75 Å². The van der Waals surface area contributed by atoms with E-state index >= 15 is 0 Å². The summed E-state index contributed by atoms with van der Waals surface area (Å²) in [6.07, 6.45) is 3.31. The fraction of sp³-hybridized carbons (Fsp3) is 0.200. The Labute approximate surface area is 157 Å². The van der Waals surface area contributed by atoms with Crippen molar-refractivity contribution < 1.29 is 9.53 Å². The summed E-state index contributed by atoms with van der Waals surface area (Å²) < 4.78 is 7.34. The Kier molecular flexibility index (Phi) is 5.92. The van der Waals surface area contributed by atoms with Gasteiger partial charge >= 0.3 is 0 Å². The fourth-order valence-corrected chi connectivity index (χ4v) is 2.70. The zero-order valence-corrected chi connectivity index (χ0v) is 15.3. The number of para-hydroxylation sites is 1. The number of halogens is 1. The summed E-state index contributed by atoms with van der Waals surface area (Å²) in [5, 5.41) is 4.95. The van der Waals surface area contributed by atoms with Gasteiger partial charge in [0, 0.05) is 18.3 Å². The summed E-state index contributed by atoms with van der Waals surface area (Å²) in [7, 11) is 1.75. The van der Waals surface area contributed by atoms with E-state index < -0.39 is 0 Å². The van der Waals surface area contributed by atoms with Crippen LogP contribution < -0.4 is 4.74 Å². The van der Waals surface area contributed by atoms with Gasteiger partial charge in [0.05, 0.1) is 24.8 Å². The molecule has 1 aromatic heterocycles. The van der Waals surface area contributed by atoms with E-state index in [9.17, 15) is 4.79 Å². The highest BCUT2D eigenvalue weighted by Crippen LogP contribution is 2.16. The molecular formula is C20H20ClN3O2. The summed E-state index contributed by atoms with van der Waals surface area (Å²) in [5.41, 5.74) is 1.50. The van der Waals surface area contributed by atoms with Crippen LogP contribution in [0.25, 0.3) is 0 Å². The molecule has 0 spiro atoms. The van der Waals surface area contributed by atoms with Crippen LogP contribution in [-0.4, -0.2) is 40.8 Å². The maximum Gasteiger partial charge on any atom is 0.256 e. The Bertz CT molecular complexity index is 864. The van der Waals surface area contributed by atoms with Gasteiger partial charge in [-0.1, -0.05) is 48.0 Å². The van der Waals surface area contributed by atoms with Gasteiger partial charge in [0.15, 0.2) is 0 Å². The lowest BCUT2D eigenvalue weighted by molar-refractivity contribution is 0.0773. The molecule has 3 aromatic rings. The van der Waals surface area contributed by atoms with Gasteiger partial charge in [-0.2, -0.15) is 5.10 Å². The quantitative estimate of drug-likeness (QED) is 0.637. The summed E-state index contributed by atoms with van der Waals surface area (Å²) in [6.45, 7) is 1.44. The molecule has 3 rings (SSSR count). The van der Waals surface area contributed by atoms with Gasteiger partial charge in [-0.25, -0.2) is 0 Å². The van der Waals surface area contributed by atoms with Gasteiger partial charge in [0.25, 0.3) is 5.91 Å². The number of ether oxygens (including phenoxy) is 1. The lowest BCUT2D eigenvalue weighted by Gasteiger charge is -2.16. The highest BCUT2D eigenvalue weighted by molar-refractivity contribution is 6.31. The van der Waals surface area contributed by atoms with Gasteiger partial charge in [-0.15, -0.1) is 0 Å². The van der Waals surface area contributed by atoms with Crippen LogP contribution in [0, 0.1) is 0 Å². The average Bonchev–Trinajstić information content (AvgIpc) is 3.12. The first-order valence-electron chi connectivity index (χ1n) is 8.32. The molecule has 0 bridgehead atoms. The lowest BCUT2D eigenvalue weighted by atomic mass is 10.2. The molecule has 2 aromatic carbocycles. The highest BCUT2D eigenvalue weighted by Gasteiger charge is 2.14. The van der Waals surface area contributed by atoms with Crippen molar-refractivity contribution in [2.75, 3.05) is 20.2 Å². The molecule has 0 aliphatic carbocycles. The minimum Gasteiger partial charge on any atom is -0.492 e. The standard InChI is InChI=1S/C20H20ClN3O2/c1-23(11-12-26-18-8-3-2-4-9-18)20(25)17-13-22-24(15-17)14-16-7-5-6-10-19(16)21/h2-10,13,15H,11-12,14H2,1H3. The molecule has 6 heteroatoms. The van der Waals surface area contributed by atoms with Gasteiger partial charge < -0.3 is 9.64 Å².